The molecule has 13 heteroatoms. The fraction of sp³-hybridized carbons (Fsp3) is 0.0714. The number of hydrogen-bond donors (Lipinski definition) is 3. The molecule has 0 bridgehead atoms. The van der Waals surface area contributed by atoms with E-state index in [1.807, 2.05) is 36.4 Å². The molecule has 3 aromatic carbocycles. The number of benzene rings is 3. The molecule has 0 atom stereocenters. The van der Waals surface area contributed by atoms with Gasteiger partial charge in [0, 0.05) is 0 Å². The van der Waals surface area contributed by atoms with Crippen molar-refractivity contribution in [3.63, 3.8) is 0 Å². The Morgan fingerprint density at radius 1 is 0.854 bits per heavy atom. The second kappa shape index (κ2) is 12.2. The number of anilines is 2. The van der Waals surface area contributed by atoms with Crippen LogP contribution in [-0.2, 0) is 10.0 Å². The summed E-state index contributed by atoms with van der Waals surface area (Å²) in [6.07, 6.45) is 1.52. The molecule has 0 saturated heterocycles. The number of sulfonamides is 1. The molecule has 5 rings (SSSR count). The van der Waals surface area contributed by atoms with Crippen LogP contribution in [0.2, 0.25) is 0 Å². The molecule has 0 amide bonds. The molecule has 3 N–H and O–H groups in total. The molecule has 0 radical (unpaired) electrons. The molecule has 5 aromatic rings. The van der Waals surface area contributed by atoms with Crippen LogP contribution in [0.5, 0.6) is 5.75 Å². The first-order valence-corrected chi connectivity index (χ1v) is 15.5. The number of para-hydroxylation sites is 1. The molecule has 0 aliphatic rings. The van der Waals surface area contributed by atoms with E-state index in [4.69, 9.17) is 0 Å². The normalized spacial score (nSPS) is 11.8. The number of nitrogens with one attached hydrogen (secondary N) is 2. The van der Waals surface area contributed by atoms with Crippen molar-refractivity contribution in [3.05, 3.63) is 102 Å². The Hall–Kier alpha value is -4.71. The summed E-state index contributed by atoms with van der Waals surface area (Å²) in [5.41, 5.74) is 6.87. The summed E-state index contributed by atoms with van der Waals surface area (Å²) < 4.78 is 29.4. The predicted molar refractivity (Wildman–Crippen MR) is 159 cm³/mol. The molecule has 0 aliphatic carbocycles. The summed E-state index contributed by atoms with van der Waals surface area (Å²) in [6.45, 7) is 3.54. The van der Waals surface area contributed by atoms with Gasteiger partial charge in [0.15, 0.2) is 0 Å². The number of azo groups is 1. The van der Waals surface area contributed by atoms with Crippen molar-refractivity contribution in [2.24, 2.45) is 15.3 Å². The van der Waals surface area contributed by atoms with Gasteiger partial charge in [-0.15, -0.1) is 0 Å². The second-order valence-electron chi connectivity index (χ2n) is 8.74. The van der Waals surface area contributed by atoms with E-state index < -0.39 is 10.0 Å². The van der Waals surface area contributed by atoms with Crippen molar-refractivity contribution < 1.29 is 13.5 Å². The number of rotatable bonds is 9. The van der Waals surface area contributed by atoms with E-state index in [1.165, 1.54) is 18.3 Å². The Bertz CT molecular complexity index is 1820. The molecule has 2 aromatic heterocycles. The average Bonchev–Trinajstić information content (AvgIpc) is 3.36. The van der Waals surface area contributed by atoms with Crippen LogP contribution in [0, 0.1) is 13.8 Å². The van der Waals surface area contributed by atoms with Gasteiger partial charge < -0.3 is 0 Å². The Morgan fingerprint density at radius 2 is 1.54 bits per heavy atom. The maximum absolute atomic E-state index is 12.8. The first kappa shape index (κ1) is 27.8. The Labute approximate surface area is 242 Å². The molecule has 206 valence electrons. The number of phenols is 1. The number of nitrogens with zero attached hydrogens (tertiary/aromatic N) is 6. The minimum atomic E-state index is -3.89. The van der Waals surface area contributed by atoms with E-state index in [1.54, 1.807) is 50.2 Å². The van der Waals surface area contributed by atoms with E-state index in [0.717, 1.165) is 5.56 Å². The van der Waals surface area contributed by atoms with Crippen molar-refractivity contribution >= 4 is 51.6 Å². The van der Waals surface area contributed by atoms with Gasteiger partial charge in [0.05, 0.1) is 0 Å². The molecule has 2 heterocycles. The van der Waals surface area contributed by atoms with Gasteiger partial charge >= 0.3 is 223 Å². The van der Waals surface area contributed by atoms with Crippen molar-refractivity contribution in [1.82, 2.24) is 15.0 Å². The zero-order chi connectivity index (χ0) is 28.8. The second-order valence-corrected chi connectivity index (χ2v) is 12.5. The molecular formula is C28H24N8O3SSe. The van der Waals surface area contributed by atoms with Gasteiger partial charge in [-0.2, -0.15) is 0 Å². The molecule has 0 fully saturated rings. The predicted octanol–water partition coefficient (Wildman–Crippen LogP) is 5.58. The summed E-state index contributed by atoms with van der Waals surface area (Å²) in [6, 6.07) is 24.3. The fourth-order valence-electron chi connectivity index (χ4n) is 3.71. The zero-order valence-corrected chi connectivity index (χ0v) is 24.5. The number of hydrazone groups is 1. The van der Waals surface area contributed by atoms with Crippen LogP contribution in [0.4, 0.5) is 20.9 Å². The quantitative estimate of drug-likeness (QED) is 0.0831. The van der Waals surface area contributed by atoms with Crippen LogP contribution < -0.4 is 10.1 Å². The average molecular weight is 632 g/mol. The van der Waals surface area contributed by atoms with Crippen LogP contribution in [0.3, 0.4) is 0 Å². The first-order chi connectivity index (χ1) is 19.8. The number of aryl methyl sites for hydroxylation is 2. The van der Waals surface area contributed by atoms with Crippen LogP contribution in [0.25, 0.3) is 11.3 Å². The van der Waals surface area contributed by atoms with Crippen molar-refractivity contribution in [2.75, 3.05) is 10.1 Å². The van der Waals surface area contributed by atoms with E-state index in [9.17, 15) is 13.5 Å². The van der Waals surface area contributed by atoms with Crippen LogP contribution in [0.15, 0.2) is 105 Å². The Morgan fingerprint density at radius 3 is 2.24 bits per heavy atom. The third-order valence-corrected chi connectivity index (χ3v) is 8.68. The third kappa shape index (κ3) is 7.09. The van der Waals surface area contributed by atoms with E-state index >= 15 is 0 Å². The van der Waals surface area contributed by atoms with Gasteiger partial charge in [-0.1, -0.05) is 0 Å². The molecule has 0 unspecified atom stereocenters. The number of hydrogen-bond acceptors (Lipinski definition) is 10. The molecular weight excluding hydrogens is 607 g/mol. The van der Waals surface area contributed by atoms with Gasteiger partial charge in [-0.05, 0) is 19.9 Å². The van der Waals surface area contributed by atoms with Gasteiger partial charge in [0.1, 0.15) is 0 Å². The Balaban J connectivity index is 1.35. The van der Waals surface area contributed by atoms with Crippen LogP contribution in [0.1, 0.15) is 17.0 Å². The standard InChI is InChI=1S/C28H24N8O3SSe/c1-18-16-19(2)31-27(30-18)36-40(38,39)23-14-12-22(13-15-23)33-34-26-25(20-8-4-3-5-9-20)32-28(41-26)35-29-17-21-10-6-7-11-24(21)37/h3-17,37H,1-2H3,(H,32,35)(H,30,31,36)/b29-17+,34-33?. The summed E-state index contributed by atoms with van der Waals surface area (Å²) in [5.74, 6) is 0.145. The fourth-order valence-corrected chi connectivity index (χ4v) is 6.25. The van der Waals surface area contributed by atoms with Crippen molar-refractivity contribution in [2.45, 2.75) is 18.7 Å². The maximum atomic E-state index is 12.8. The van der Waals surface area contributed by atoms with E-state index in [-0.39, 0.29) is 31.1 Å². The van der Waals surface area contributed by atoms with Crippen LogP contribution in [-0.4, -0.2) is 49.2 Å². The SMILES string of the molecule is Cc1cc(C)nc(NS(=O)(=O)c2ccc(N=Nc3[se]c(N/N=C/c4ccccc4O)nc3-c3ccccc3)cc2)n1. The van der Waals surface area contributed by atoms with E-state index in [2.05, 4.69) is 40.4 Å². The Kier molecular flexibility index (Phi) is 8.29. The van der Waals surface area contributed by atoms with Gasteiger partial charge in [-0.25, -0.2) is 0 Å². The summed E-state index contributed by atoms with van der Waals surface area (Å²) in [4.78, 5) is 13.0. The number of aromatic nitrogens is 3. The van der Waals surface area contributed by atoms with Crippen LogP contribution >= 0.6 is 0 Å². The molecule has 41 heavy (non-hydrogen) atoms. The molecule has 0 saturated carbocycles. The zero-order valence-electron chi connectivity index (χ0n) is 21.9. The first-order valence-electron chi connectivity index (χ1n) is 12.3. The molecule has 11 nitrogen and oxygen atoms in total. The monoisotopic (exact) mass is 632 g/mol. The van der Waals surface area contributed by atoms with Crippen molar-refractivity contribution in [3.8, 4) is 17.0 Å². The number of aromatic hydroxyl groups is 1. The summed E-state index contributed by atoms with van der Waals surface area (Å²) >= 11 is -0.329. The van der Waals surface area contributed by atoms with Gasteiger partial charge in [0.2, 0.25) is 0 Å². The van der Waals surface area contributed by atoms with E-state index in [0.29, 0.717) is 37.6 Å². The topological polar surface area (TPSA) is 154 Å². The summed E-state index contributed by atoms with van der Waals surface area (Å²) in [5, 5.41) is 23.0. The molecule has 0 aliphatic heterocycles. The summed E-state index contributed by atoms with van der Waals surface area (Å²) in [7, 11) is -3.89. The molecule has 0 spiro atoms. The van der Waals surface area contributed by atoms with Gasteiger partial charge in [0.25, 0.3) is 0 Å². The number of phenolic OH excluding ortho intramolecular Hbond substituents is 1. The third-order valence-electron chi connectivity index (χ3n) is 5.57. The van der Waals surface area contributed by atoms with Crippen molar-refractivity contribution in [1.29, 1.82) is 0 Å². The minimum absolute atomic E-state index is 0.0180. The van der Waals surface area contributed by atoms with Gasteiger partial charge in [-0.3, -0.25) is 0 Å².